The van der Waals surface area contributed by atoms with Crippen LogP contribution in [-0.4, -0.2) is 17.9 Å². The summed E-state index contributed by atoms with van der Waals surface area (Å²) in [6, 6.07) is 4.57. The highest BCUT2D eigenvalue weighted by Crippen LogP contribution is 2.04. The van der Waals surface area contributed by atoms with Gasteiger partial charge in [-0.15, -0.1) is 26.3 Å². The first-order chi connectivity index (χ1) is 7.28. The van der Waals surface area contributed by atoms with Crippen LogP contribution in [0.2, 0.25) is 24.2 Å². The van der Waals surface area contributed by atoms with Gasteiger partial charge in [-0.2, -0.15) is 0 Å². The third kappa shape index (κ3) is 7.30. The second kappa shape index (κ2) is 9.89. The number of hydrogen-bond donors (Lipinski definition) is 1. The molecule has 0 aromatic heterocycles. The van der Waals surface area contributed by atoms with Crippen LogP contribution in [-0.2, 0) is 0 Å². The minimum Gasteiger partial charge on any atom is -0.363 e. The van der Waals surface area contributed by atoms with E-state index in [0.717, 1.165) is 24.2 Å². The predicted octanol–water partition coefficient (Wildman–Crippen LogP) is 2.77. The van der Waals surface area contributed by atoms with Gasteiger partial charge in [0.2, 0.25) is 0 Å². The monoisotopic (exact) mass is 237 g/mol. The fraction of sp³-hybridized carbons (Fsp3) is 0.333. The third-order valence-electron chi connectivity index (χ3n) is 2.28. The minimum atomic E-state index is -0.875. The molecule has 0 atom stereocenters. The third-order valence-corrected chi connectivity index (χ3v) is 9.66. The quantitative estimate of drug-likeness (QED) is 0.455. The molecular weight excluding hydrogens is 214 g/mol. The number of nitrogens with one attached hydrogen (secondary N) is 1. The van der Waals surface area contributed by atoms with E-state index in [2.05, 4.69) is 31.0 Å². The van der Waals surface area contributed by atoms with E-state index in [9.17, 15) is 0 Å². The maximum atomic E-state index is 3.85. The largest absolute Gasteiger partial charge is 0.363 e. The second-order valence-electron chi connectivity index (χ2n) is 3.66. The Balaban J connectivity index is 4.15. The van der Waals surface area contributed by atoms with Gasteiger partial charge < -0.3 is 4.65 Å². The highest BCUT2D eigenvalue weighted by Gasteiger charge is 2.13. The molecule has 1 N–H and O–H groups in total. The molecule has 0 heterocycles. The molecule has 15 heavy (non-hydrogen) atoms. The lowest BCUT2D eigenvalue weighted by molar-refractivity contribution is 1.29. The minimum absolute atomic E-state index is 0.875. The Hall–Kier alpha value is -0.646. The molecule has 0 radical (unpaired) electrons. The molecule has 0 rings (SSSR count). The molecule has 0 saturated heterocycles. The number of rotatable bonds is 10. The summed E-state index contributed by atoms with van der Waals surface area (Å²) >= 11 is 0. The maximum Gasteiger partial charge on any atom is 0.109 e. The zero-order valence-corrected chi connectivity index (χ0v) is 11.9. The van der Waals surface area contributed by atoms with Crippen LogP contribution in [0.5, 0.6) is 0 Å². The van der Waals surface area contributed by atoms with Crippen molar-refractivity contribution in [2.24, 2.45) is 0 Å². The highest BCUT2D eigenvalue weighted by molar-refractivity contribution is 6.74. The van der Waals surface area contributed by atoms with Gasteiger partial charge in [0.25, 0.3) is 0 Å². The summed E-state index contributed by atoms with van der Waals surface area (Å²) in [4.78, 5) is 0. The SMILES string of the molecule is C=CC[SiH](CC=C)N[SiH](CC=C)CC=C. The van der Waals surface area contributed by atoms with E-state index in [1.54, 1.807) is 0 Å². The molecule has 0 bridgehead atoms. The van der Waals surface area contributed by atoms with E-state index in [4.69, 9.17) is 0 Å². The Morgan fingerprint density at radius 2 is 0.933 bits per heavy atom. The number of allylic oxidation sites excluding steroid dienone is 4. The predicted molar refractivity (Wildman–Crippen MR) is 77.4 cm³/mol. The van der Waals surface area contributed by atoms with E-state index < -0.39 is 17.9 Å². The van der Waals surface area contributed by atoms with Gasteiger partial charge in [-0.1, -0.05) is 24.3 Å². The van der Waals surface area contributed by atoms with Crippen LogP contribution in [0.15, 0.2) is 50.6 Å². The van der Waals surface area contributed by atoms with E-state index in [1.807, 2.05) is 24.3 Å². The summed E-state index contributed by atoms with van der Waals surface area (Å²) in [7, 11) is -1.75. The molecule has 0 aliphatic carbocycles. The molecule has 0 aliphatic rings. The van der Waals surface area contributed by atoms with Crippen molar-refractivity contribution in [2.45, 2.75) is 24.2 Å². The average Bonchev–Trinajstić information content (AvgIpc) is 2.19. The van der Waals surface area contributed by atoms with Crippen molar-refractivity contribution in [1.29, 1.82) is 0 Å². The van der Waals surface area contributed by atoms with E-state index in [0.29, 0.717) is 0 Å². The van der Waals surface area contributed by atoms with Crippen LogP contribution >= 0.6 is 0 Å². The highest BCUT2D eigenvalue weighted by atomic mass is 28.3. The molecule has 1 nitrogen and oxygen atoms in total. The zero-order valence-electron chi connectivity index (χ0n) is 9.62. The molecule has 0 aliphatic heterocycles. The molecule has 0 amide bonds. The fourth-order valence-corrected chi connectivity index (χ4v) is 8.44. The summed E-state index contributed by atoms with van der Waals surface area (Å²) < 4.78 is 3.85. The van der Waals surface area contributed by atoms with Crippen molar-refractivity contribution in [3.63, 3.8) is 0 Å². The Bertz CT molecular complexity index is 172. The molecule has 0 saturated carbocycles. The lowest BCUT2D eigenvalue weighted by atomic mass is 10.7. The van der Waals surface area contributed by atoms with Gasteiger partial charge in [0.1, 0.15) is 17.9 Å². The Labute approximate surface area is 97.7 Å². The standard InChI is InChI=1S/C12H23NSi2/c1-5-9-14(10-6-2)13-15(11-7-3)12-8-4/h5-8,13-15H,1-4,9-12H2. The molecule has 3 heteroatoms. The average molecular weight is 237 g/mol. The number of hydrogen-bond acceptors (Lipinski definition) is 1. The molecule has 0 unspecified atom stereocenters. The maximum absolute atomic E-state index is 3.85. The summed E-state index contributed by atoms with van der Waals surface area (Å²) in [6.07, 6.45) is 8.11. The molecular formula is C12H23NSi2. The molecule has 0 aromatic rings. The van der Waals surface area contributed by atoms with Crippen LogP contribution in [0, 0.1) is 0 Å². The first-order valence-corrected chi connectivity index (χ1v) is 9.90. The molecule has 84 valence electrons. The Kier molecular flexibility index (Phi) is 9.47. The van der Waals surface area contributed by atoms with Crippen molar-refractivity contribution < 1.29 is 0 Å². The van der Waals surface area contributed by atoms with Gasteiger partial charge in [-0.25, -0.2) is 0 Å². The Morgan fingerprint density at radius 3 is 1.13 bits per heavy atom. The topological polar surface area (TPSA) is 12.0 Å². The van der Waals surface area contributed by atoms with Crippen LogP contribution in [0.1, 0.15) is 0 Å². The van der Waals surface area contributed by atoms with E-state index in [-0.39, 0.29) is 0 Å². The first-order valence-electron chi connectivity index (χ1n) is 5.48. The van der Waals surface area contributed by atoms with Crippen LogP contribution in [0.25, 0.3) is 0 Å². The summed E-state index contributed by atoms with van der Waals surface area (Å²) in [5.74, 6) is 0. The molecule has 0 fully saturated rings. The van der Waals surface area contributed by atoms with Gasteiger partial charge in [-0.3, -0.25) is 0 Å². The van der Waals surface area contributed by atoms with Crippen molar-refractivity contribution in [2.75, 3.05) is 0 Å². The van der Waals surface area contributed by atoms with Gasteiger partial charge in [0.05, 0.1) is 0 Å². The summed E-state index contributed by atoms with van der Waals surface area (Å²) in [5.41, 5.74) is 0. The van der Waals surface area contributed by atoms with Crippen LogP contribution in [0.4, 0.5) is 0 Å². The van der Waals surface area contributed by atoms with E-state index >= 15 is 0 Å². The van der Waals surface area contributed by atoms with Crippen molar-refractivity contribution in [3.8, 4) is 0 Å². The lowest BCUT2D eigenvalue weighted by Gasteiger charge is -2.20. The summed E-state index contributed by atoms with van der Waals surface area (Å²) in [6.45, 7) is 15.3. The van der Waals surface area contributed by atoms with Crippen molar-refractivity contribution >= 4 is 17.9 Å². The smallest absolute Gasteiger partial charge is 0.109 e. The van der Waals surface area contributed by atoms with Gasteiger partial charge in [0, 0.05) is 0 Å². The van der Waals surface area contributed by atoms with Gasteiger partial charge in [0.15, 0.2) is 0 Å². The summed E-state index contributed by atoms with van der Waals surface area (Å²) in [5, 5.41) is 0. The Morgan fingerprint density at radius 1 is 0.667 bits per heavy atom. The van der Waals surface area contributed by atoms with Crippen molar-refractivity contribution in [1.82, 2.24) is 4.65 Å². The van der Waals surface area contributed by atoms with Gasteiger partial charge in [-0.05, 0) is 24.2 Å². The van der Waals surface area contributed by atoms with Crippen LogP contribution in [0.3, 0.4) is 0 Å². The van der Waals surface area contributed by atoms with E-state index in [1.165, 1.54) is 0 Å². The molecule has 0 spiro atoms. The fourth-order valence-electron chi connectivity index (χ4n) is 1.60. The lowest BCUT2D eigenvalue weighted by Crippen LogP contribution is -2.43. The normalized spacial score (nSPS) is 10.3. The second-order valence-corrected chi connectivity index (χ2v) is 9.66. The zero-order chi connectivity index (χ0) is 11.5. The first kappa shape index (κ1) is 14.4. The molecule has 0 aromatic carbocycles. The van der Waals surface area contributed by atoms with Crippen molar-refractivity contribution in [3.05, 3.63) is 50.6 Å². The van der Waals surface area contributed by atoms with Crippen LogP contribution < -0.4 is 4.65 Å². The van der Waals surface area contributed by atoms with Gasteiger partial charge >= 0.3 is 0 Å².